The van der Waals surface area contributed by atoms with Gasteiger partial charge >= 0.3 is 0 Å². The minimum atomic E-state index is -0.233. The predicted octanol–water partition coefficient (Wildman–Crippen LogP) is 4.48. The van der Waals surface area contributed by atoms with E-state index in [1.54, 1.807) is 13.3 Å². The molecule has 154 valence electrons. The molecule has 7 heteroatoms. The number of carbonyl (C=O) groups excluding carboxylic acids is 1. The van der Waals surface area contributed by atoms with E-state index in [1.165, 1.54) is 0 Å². The molecule has 0 unspecified atom stereocenters. The molecular formula is C23H25N5O2. The molecule has 30 heavy (non-hydrogen) atoms. The first-order chi connectivity index (χ1) is 14.5. The molecule has 0 saturated carbocycles. The fourth-order valence-corrected chi connectivity index (χ4v) is 3.52. The molecule has 3 N–H and O–H groups in total. The fraction of sp³-hybridized carbons (Fsp3) is 0.261. The van der Waals surface area contributed by atoms with E-state index < -0.39 is 0 Å². The number of nitrogens with zero attached hydrogens (tertiary/aromatic N) is 2. The minimum Gasteiger partial charge on any atom is -0.497 e. The van der Waals surface area contributed by atoms with Gasteiger partial charge < -0.3 is 15.0 Å². The highest BCUT2D eigenvalue weighted by Gasteiger charge is 2.23. The van der Waals surface area contributed by atoms with Crippen molar-refractivity contribution < 1.29 is 9.53 Å². The summed E-state index contributed by atoms with van der Waals surface area (Å²) in [7, 11) is 1.62. The summed E-state index contributed by atoms with van der Waals surface area (Å²) in [6.07, 6.45) is 2.32. The molecule has 4 aromatic rings. The lowest BCUT2D eigenvalue weighted by Crippen LogP contribution is -2.30. The second kappa shape index (κ2) is 8.41. The smallest absolute Gasteiger partial charge is 0.255 e. The van der Waals surface area contributed by atoms with Crippen LogP contribution in [0.5, 0.6) is 5.75 Å². The number of aromatic nitrogens is 4. The molecular weight excluding hydrogens is 378 g/mol. The van der Waals surface area contributed by atoms with Crippen LogP contribution < -0.4 is 10.1 Å². The third-order valence-electron chi connectivity index (χ3n) is 5.01. The van der Waals surface area contributed by atoms with Gasteiger partial charge in [-0.1, -0.05) is 26.0 Å². The van der Waals surface area contributed by atoms with Crippen LogP contribution in [0.3, 0.4) is 0 Å². The molecule has 2 heterocycles. The number of amides is 1. The van der Waals surface area contributed by atoms with Crippen LogP contribution in [0, 0.1) is 5.92 Å². The molecule has 0 spiro atoms. The Bertz CT molecular complexity index is 1110. The Morgan fingerprint density at radius 3 is 2.60 bits per heavy atom. The van der Waals surface area contributed by atoms with Crippen molar-refractivity contribution in [2.75, 3.05) is 7.11 Å². The van der Waals surface area contributed by atoms with E-state index >= 15 is 0 Å². The normalized spacial score (nSPS) is 12.3. The molecule has 0 aliphatic carbocycles. The van der Waals surface area contributed by atoms with E-state index in [0.29, 0.717) is 17.2 Å². The van der Waals surface area contributed by atoms with Crippen molar-refractivity contribution in [3.63, 3.8) is 0 Å². The Morgan fingerprint density at radius 1 is 1.13 bits per heavy atom. The number of imidazole rings is 1. The molecule has 2 aromatic carbocycles. The third-order valence-corrected chi connectivity index (χ3v) is 5.01. The average Bonchev–Trinajstić information content (AvgIpc) is 3.40. The predicted molar refractivity (Wildman–Crippen MR) is 116 cm³/mol. The van der Waals surface area contributed by atoms with Crippen molar-refractivity contribution in [2.45, 2.75) is 26.3 Å². The number of carbonyl (C=O) groups is 1. The van der Waals surface area contributed by atoms with Crippen LogP contribution >= 0.6 is 0 Å². The second-order valence-electron chi connectivity index (χ2n) is 7.68. The van der Waals surface area contributed by atoms with E-state index in [-0.39, 0.29) is 11.9 Å². The van der Waals surface area contributed by atoms with Gasteiger partial charge in [0.2, 0.25) is 0 Å². The molecule has 0 aliphatic heterocycles. The summed E-state index contributed by atoms with van der Waals surface area (Å²) in [5.41, 5.74) is 3.87. The van der Waals surface area contributed by atoms with Crippen molar-refractivity contribution >= 4 is 16.9 Å². The van der Waals surface area contributed by atoms with Crippen LogP contribution in [0.2, 0.25) is 0 Å². The maximum atomic E-state index is 13.2. The Morgan fingerprint density at radius 2 is 1.90 bits per heavy atom. The summed E-state index contributed by atoms with van der Waals surface area (Å²) < 4.78 is 5.21. The summed E-state index contributed by atoms with van der Waals surface area (Å²) in [5, 5.41) is 10.2. The average molecular weight is 403 g/mol. The number of para-hydroxylation sites is 2. The lowest BCUT2D eigenvalue weighted by Gasteiger charge is -2.18. The zero-order valence-electron chi connectivity index (χ0n) is 17.3. The molecule has 0 bridgehead atoms. The molecule has 1 atom stereocenters. The van der Waals surface area contributed by atoms with Gasteiger partial charge in [0, 0.05) is 5.56 Å². The zero-order valence-corrected chi connectivity index (χ0v) is 17.3. The number of hydrogen-bond acceptors (Lipinski definition) is 4. The number of fused-ring (bicyclic) bond motifs is 1. The molecule has 2 aromatic heterocycles. The Labute approximate surface area is 174 Å². The van der Waals surface area contributed by atoms with Crippen LogP contribution in [0.25, 0.3) is 22.3 Å². The number of hydrogen-bond donors (Lipinski definition) is 3. The zero-order chi connectivity index (χ0) is 21.1. The molecule has 0 saturated heterocycles. The summed E-state index contributed by atoms with van der Waals surface area (Å²) in [4.78, 5) is 21.2. The Balaban J connectivity index is 1.61. The van der Waals surface area contributed by atoms with Crippen LogP contribution in [0.4, 0.5) is 0 Å². The maximum Gasteiger partial charge on any atom is 0.255 e. The number of methoxy groups -OCH3 is 1. The van der Waals surface area contributed by atoms with Gasteiger partial charge in [0.25, 0.3) is 5.91 Å². The first-order valence-electron chi connectivity index (χ1n) is 9.98. The van der Waals surface area contributed by atoms with Crippen LogP contribution in [0.15, 0.2) is 54.7 Å². The monoisotopic (exact) mass is 403 g/mol. The quantitative estimate of drug-likeness (QED) is 0.424. The van der Waals surface area contributed by atoms with Gasteiger partial charge in [-0.2, -0.15) is 5.10 Å². The van der Waals surface area contributed by atoms with Crippen molar-refractivity contribution in [3.05, 3.63) is 66.1 Å². The molecule has 1 amide bonds. The standard InChI is InChI=1S/C23H25N5O2/c1-14(2)12-20(22-25-18-6-4-5-7-19(18)26-22)27-23(29)17-13-24-28-21(17)15-8-10-16(30-3)11-9-15/h4-11,13-14,20H,12H2,1-3H3,(H,24,28)(H,25,26)(H,27,29)/t20-/m0/s1. The number of nitrogens with one attached hydrogen (secondary N) is 3. The van der Waals surface area contributed by atoms with E-state index in [0.717, 1.165) is 34.6 Å². The highest BCUT2D eigenvalue weighted by Crippen LogP contribution is 2.26. The highest BCUT2D eigenvalue weighted by molar-refractivity contribution is 6.00. The SMILES string of the molecule is COc1ccc(-c2[nH]ncc2C(=O)N[C@@H](CC(C)C)c2nc3ccccc3[nH]2)cc1. The maximum absolute atomic E-state index is 13.2. The van der Waals surface area contributed by atoms with E-state index in [9.17, 15) is 4.79 Å². The summed E-state index contributed by atoms with van der Waals surface area (Å²) in [6, 6.07) is 15.1. The number of H-pyrrole nitrogens is 2. The Kier molecular flexibility index (Phi) is 5.52. The van der Waals surface area contributed by atoms with Gasteiger partial charge in [0.15, 0.2) is 0 Å². The van der Waals surface area contributed by atoms with Gasteiger partial charge in [0.05, 0.1) is 41.6 Å². The molecule has 7 nitrogen and oxygen atoms in total. The first-order valence-corrected chi connectivity index (χ1v) is 9.98. The van der Waals surface area contributed by atoms with Gasteiger partial charge in [-0.3, -0.25) is 9.89 Å². The molecule has 0 aliphatic rings. The summed E-state index contributed by atoms with van der Waals surface area (Å²) >= 11 is 0. The largest absolute Gasteiger partial charge is 0.497 e. The number of benzene rings is 2. The highest BCUT2D eigenvalue weighted by atomic mass is 16.5. The topological polar surface area (TPSA) is 95.7 Å². The number of aromatic amines is 2. The van der Waals surface area contributed by atoms with Crippen LogP contribution in [-0.2, 0) is 0 Å². The van der Waals surface area contributed by atoms with E-state index in [4.69, 9.17) is 9.72 Å². The van der Waals surface area contributed by atoms with Gasteiger partial charge in [-0.15, -0.1) is 0 Å². The fourth-order valence-electron chi connectivity index (χ4n) is 3.52. The molecule has 4 rings (SSSR count). The van der Waals surface area contributed by atoms with E-state index in [1.807, 2.05) is 48.5 Å². The van der Waals surface area contributed by atoms with Crippen molar-refractivity contribution in [1.29, 1.82) is 0 Å². The van der Waals surface area contributed by atoms with Crippen LogP contribution in [0.1, 0.15) is 42.5 Å². The molecule has 0 fully saturated rings. The van der Waals surface area contributed by atoms with Crippen molar-refractivity contribution in [3.8, 4) is 17.0 Å². The lowest BCUT2D eigenvalue weighted by atomic mass is 10.0. The third kappa shape index (κ3) is 4.05. The number of rotatable bonds is 7. The summed E-state index contributed by atoms with van der Waals surface area (Å²) in [5.74, 6) is 1.70. The minimum absolute atomic E-state index is 0.194. The summed E-state index contributed by atoms with van der Waals surface area (Å²) in [6.45, 7) is 4.25. The van der Waals surface area contributed by atoms with Crippen molar-refractivity contribution in [2.24, 2.45) is 5.92 Å². The van der Waals surface area contributed by atoms with Gasteiger partial charge in [-0.05, 0) is 48.7 Å². The van der Waals surface area contributed by atoms with Crippen LogP contribution in [-0.4, -0.2) is 33.2 Å². The first kappa shape index (κ1) is 19.7. The lowest BCUT2D eigenvalue weighted by molar-refractivity contribution is 0.0931. The van der Waals surface area contributed by atoms with Gasteiger partial charge in [0.1, 0.15) is 11.6 Å². The Hall–Kier alpha value is -3.61. The number of ether oxygens (including phenoxy) is 1. The second-order valence-corrected chi connectivity index (χ2v) is 7.68. The van der Waals surface area contributed by atoms with E-state index in [2.05, 4.69) is 34.3 Å². The van der Waals surface area contributed by atoms with Gasteiger partial charge in [-0.25, -0.2) is 4.98 Å². The van der Waals surface area contributed by atoms with Crippen molar-refractivity contribution in [1.82, 2.24) is 25.5 Å². The molecule has 0 radical (unpaired) electrons.